The molecule has 1 aromatic rings. The first-order valence-corrected chi connectivity index (χ1v) is 6.09. The topological polar surface area (TPSA) is 70.6 Å². The van der Waals surface area contributed by atoms with Gasteiger partial charge in [-0.3, -0.25) is 4.79 Å². The number of hydrogen-bond donors (Lipinski definition) is 3. The van der Waals surface area contributed by atoms with Gasteiger partial charge in [-0.25, -0.2) is 0 Å². The number of phenols is 1. The molecule has 5 nitrogen and oxygen atoms in total. The smallest absolute Gasteiger partial charge is 0.251 e. The highest BCUT2D eigenvalue weighted by Crippen LogP contribution is 2.26. The summed E-state index contributed by atoms with van der Waals surface area (Å²) < 4.78 is 4.93. The maximum Gasteiger partial charge on any atom is 0.251 e. The van der Waals surface area contributed by atoms with E-state index in [2.05, 4.69) is 10.6 Å². The van der Waals surface area contributed by atoms with Gasteiger partial charge in [0.2, 0.25) is 0 Å². The summed E-state index contributed by atoms with van der Waals surface area (Å²) in [6, 6.07) is 4.99. The summed E-state index contributed by atoms with van der Waals surface area (Å²) in [4.78, 5) is 11.9. The predicted molar refractivity (Wildman–Crippen MR) is 68.0 cm³/mol. The molecule has 1 amide bonds. The van der Waals surface area contributed by atoms with Crippen LogP contribution in [0.3, 0.4) is 0 Å². The van der Waals surface area contributed by atoms with E-state index in [1.165, 1.54) is 13.2 Å². The number of amides is 1. The number of carbonyl (C=O) groups is 1. The van der Waals surface area contributed by atoms with Crippen molar-refractivity contribution in [1.29, 1.82) is 0 Å². The van der Waals surface area contributed by atoms with Crippen molar-refractivity contribution in [2.75, 3.05) is 20.2 Å². The molecule has 1 unspecified atom stereocenters. The molecule has 1 fully saturated rings. The molecule has 1 aliphatic heterocycles. The molecule has 0 saturated carbocycles. The van der Waals surface area contributed by atoms with Gasteiger partial charge in [0.05, 0.1) is 7.11 Å². The van der Waals surface area contributed by atoms with Crippen molar-refractivity contribution >= 4 is 5.91 Å². The van der Waals surface area contributed by atoms with Gasteiger partial charge in [-0.05, 0) is 37.6 Å². The minimum absolute atomic E-state index is 0.0239. The molecule has 1 aliphatic rings. The first-order chi connectivity index (χ1) is 8.70. The lowest BCUT2D eigenvalue weighted by molar-refractivity contribution is 0.0950. The van der Waals surface area contributed by atoms with E-state index in [-0.39, 0.29) is 11.7 Å². The molecule has 0 radical (unpaired) electrons. The van der Waals surface area contributed by atoms with Crippen molar-refractivity contribution in [2.45, 2.75) is 18.9 Å². The van der Waals surface area contributed by atoms with E-state index < -0.39 is 0 Å². The predicted octanol–water partition coefficient (Wildman–Crippen LogP) is 0.883. The number of aromatic hydroxyl groups is 1. The molecule has 18 heavy (non-hydrogen) atoms. The molecule has 3 N–H and O–H groups in total. The van der Waals surface area contributed by atoms with E-state index in [9.17, 15) is 9.90 Å². The van der Waals surface area contributed by atoms with E-state index >= 15 is 0 Å². The van der Waals surface area contributed by atoms with Crippen molar-refractivity contribution in [3.05, 3.63) is 23.8 Å². The van der Waals surface area contributed by atoms with Crippen LogP contribution in [0.15, 0.2) is 18.2 Å². The van der Waals surface area contributed by atoms with Crippen LogP contribution in [0, 0.1) is 0 Å². The molecular formula is C13H18N2O3. The average Bonchev–Trinajstić information content (AvgIpc) is 2.89. The number of benzene rings is 1. The summed E-state index contributed by atoms with van der Waals surface area (Å²) in [7, 11) is 1.47. The monoisotopic (exact) mass is 250 g/mol. The van der Waals surface area contributed by atoms with Gasteiger partial charge in [-0.1, -0.05) is 0 Å². The quantitative estimate of drug-likeness (QED) is 0.742. The molecule has 1 saturated heterocycles. The SMILES string of the molecule is COc1ccc(C(=O)NCC2CCCN2)cc1O. The van der Waals surface area contributed by atoms with Crippen molar-refractivity contribution in [3.8, 4) is 11.5 Å². The second-order valence-corrected chi connectivity index (χ2v) is 4.39. The third kappa shape index (κ3) is 2.92. The second kappa shape index (κ2) is 5.73. The lowest BCUT2D eigenvalue weighted by Gasteiger charge is -2.12. The standard InChI is InChI=1S/C13H18N2O3/c1-18-12-5-4-9(7-11(12)16)13(17)15-8-10-3-2-6-14-10/h4-5,7,10,14,16H,2-3,6,8H2,1H3,(H,15,17). The Balaban J connectivity index is 1.93. The Morgan fingerprint density at radius 2 is 2.44 bits per heavy atom. The Bertz CT molecular complexity index is 428. The fourth-order valence-corrected chi connectivity index (χ4v) is 2.08. The Morgan fingerprint density at radius 1 is 1.61 bits per heavy atom. The van der Waals surface area contributed by atoms with Gasteiger partial charge in [0.15, 0.2) is 11.5 Å². The van der Waals surface area contributed by atoms with Gasteiger partial charge in [0, 0.05) is 18.2 Å². The van der Waals surface area contributed by atoms with E-state index in [0.717, 1.165) is 19.4 Å². The molecule has 1 heterocycles. The largest absolute Gasteiger partial charge is 0.504 e. The molecule has 98 valence electrons. The van der Waals surface area contributed by atoms with E-state index in [1.807, 2.05) is 0 Å². The molecule has 0 aliphatic carbocycles. The summed E-state index contributed by atoms with van der Waals surface area (Å²) in [5.74, 6) is 0.162. The zero-order valence-electron chi connectivity index (χ0n) is 10.4. The summed E-state index contributed by atoms with van der Waals surface area (Å²) in [5, 5.41) is 15.8. The van der Waals surface area contributed by atoms with Crippen molar-refractivity contribution in [3.63, 3.8) is 0 Å². The van der Waals surface area contributed by atoms with Crippen LogP contribution < -0.4 is 15.4 Å². The fraction of sp³-hybridized carbons (Fsp3) is 0.462. The highest BCUT2D eigenvalue weighted by molar-refractivity contribution is 5.94. The zero-order valence-corrected chi connectivity index (χ0v) is 10.4. The minimum Gasteiger partial charge on any atom is -0.504 e. The first kappa shape index (κ1) is 12.7. The van der Waals surface area contributed by atoms with E-state index in [4.69, 9.17) is 4.74 Å². The molecule has 5 heteroatoms. The van der Waals surface area contributed by atoms with Crippen LogP contribution in [0.1, 0.15) is 23.2 Å². The zero-order chi connectivity index (χ0) is 13.0. The van der Waals surface area contributed by atoms with Gasteiger partial charge in [-0.15, -0.1) is 0 Å². The highest BCUT2D eigenvalue weighted by atomic mass is 16.5. The fourth-order valence-electron chi connectivity index (χ4n) is 2.08. The molecule has 1 aromatic carbocycles. The lowest BCUT2D eigenvalue weighted by atomic mass is 10.1. The normalized spacial score (nSPS) is 18.6. The van der Waals surface area contributed by atoms with E-state index in [1.54, 1.807) is 12.1 Å². The average molecular weight is 250 g/mol. The molecule has 1 atom stereocenters. The Kier molecular flexibility index (Phi) is 4.04. The highest BCUT2D eigenvalue weighted by Gasteiger charge is 2.15. The Labute approximate surface area is 106 Å². The number of phenolic OH excluding ortho intramolecular Hbond substituents is 1. The summed E-state index contributed by atoms with van der Waals surface area (Å²) in [6.07, 6.45) is 2.25. The van der Waals surface area contributed by atoms with Crippen LogP contribution in [0.4, 0.5) is 0 Å². The third-order valence-electron chi connectivity index (χ3n) is 3.11. The van der Waals surface area contributed by atoms with Crippen molar-refractivity contribution < 1.29 is 14.6 Å². The maximum atomic E-state index is 11.9. The number of hydrogen-bond acceptors (Lipinski definition) is 4. The number of nitrogens with one attached hydrogen (secondary N) is 2. The number of ether oxygens (including phenoxy) is 1. The van der Waals surface area contributed by atoms with Gasteiger partial charge in [0.1, 0.15) is 0 Å². The second-order valence-electron chi connectivity index (χ2n) is 4.39. The van der Waals surface area contributed by atoms with Gasteiger partial charge in [0.25, 0.3) is 5.91 Å². The number of carbonyl (C=O) groups excluding carboxylic acids is 1. The van der Waals surface area contributed by atoms with E-state index in [0.29, 0.717) is 23.9 Å². The molecule has 2 rings (SSSR count). The lowest BCUT2D eigenvalue weighted by Crippen LogP contribution is -2.37. The summed E-state index contributed by atoms with van der Waals surface area (Å²) in [6.45, 7) is 1.63. The molecule has 0 spiro atoms. The van der Waals surface area contributed by atoms with Gasteiger partial charge >= 0.3 is 0 Å². The van der Waals surface area contributed by atoms with Crippen LogP contribution in [0.25, 0.3) is 0 Å². The third-order valence-corrected chi connectivity index (χ3v) is 3.11. The maximum absolute atomic E-state index is 11.9. The minimum atomic E-state index is -0.179. The van der Waals surface area contributed by atoms with Crippen molar-refractivity contribution in [1.82, 2.24) is 10.6 Å². The summed E-state index contributed by atoms with van der Waals surface area (Å²) >= 11 is 0. The van der Waals surface area contributed by atoms with Crippen LogP contribution in [-0.4, -0.2) is 37.3 Å². The van der Waals surface area contributed by atoms with Gasteiger partial charge < -0.3 is 20.5 Å². The Morgan fingerprint density at radius 3 is 3.06 bits per heavy atom. The van der Waals surface area contributed by atoms with Gasteiger partial charge in [-0.2, -0.15) is 0 Å². The molecule has 0 aromatic heterocycles. The number of methoxy groups -OCH3 is 1. The van der Waals surface area contributed by atoms with Crippen LogP contribution in [-0.2, 0) is 0 Å². The first-order valence-electron chi connectivity index (χ1n) is 6.09. The van der Waals surface area contributed by atoms with Crippen LogP contribution >= 0.6 is 0 Å². The molecule has 0 bridgehead atoms. The number of rotatable bonds is 4. The van der Waals surface area contributed by atoms with Crippen LogP contribution in [0.5, 0.6) is 11.5 Å². The van der Waals surface area contributed by atoms with Crippen molar-refractivity contribution in [2.24, 2.45) is 0 Å². The summed E-state index contributed by atoms with van der Waals surface area (Å²) in [5.41, 5.74) is 0.436. The molecular weight excluding hydrogens is 232 g/mol. The Hall–Kier alpha value is -1.75. The van der Waals surface area contributed by atoms with Crippen LogP contribution in [0.2, 0.25) is 0 Å².